The number of rotatable bonds is 7. The molecule has 0 aromatic rings. The van der Waals surface area contributed by atoms with Crippen LogP contribution in [0.25, 0.3) is 0 Å². The van der Waals surface area contributed by atoms with Gasteiger partial charge in [0.15, 0.2) is 0 Å². The summed E-state index contributed by atoms with van der Waals surface area (Å²) in [4.78, 5) is 11.3. The van der Waals surface area contributed by atoms with Gasteiger partial charge in [0.05, 0.1) is 0 Å². The van der Waals surface area contributed by atoms with Gasteiger partial charge in [0, 0.05) is 6.54 Å². The van der Waals surface area contributed by atoms with E-state index in [0.717, 1.165) is 12.8 Å². The highest BCUT2D eigenvalue weighted by Gasteiger charge is 2.35. The predicted molar refractivity (Wildman–Crippen MR) is 59.5 cm³/mol. The van der Waals surface area contributed by atoms with Crippen molar-refractivity contribution in [2.75, 3.05) is 13.1 Å². The zero-order valence-corrected chi connectivity index (χ0v) is 9.85. The van der Waals surface area contributed by atoms with Crippen molar-refractivity contribution < 1.29 is 13.6 Å². The molecule has 4 nitrogen and oxygen atoms in total. The second kappa shape index (κ2) is 7.38. The standard InChI is InChI=1S/C10H21F2N3O/c1-3-4-7-14-9(16)15-10(2,5-6-13)8(11)12/h8H,3-7,13H2,1-2H3,(H2,14,15,16). The summed E-state index contributed by atoms with van der Waals surface area (Å²) < 4.78 is 25.4. The van der Waals surface area contributed by atoms with Crippen molar-refractivity contribution in [2.45, 2.75) is 45.1 Å². The lowest BCUT2D eigenvalue weighted by atomic mass is 9.99. The molecule has 6 heteroatoms. The average molecular weight is 237 g/mol. The van der Waals surface area contributed by atoms with E-state index >= 15 is 0 Å². The van der Waals surface area contributed by atoms with Crippen molar-refractivity contribution in [3.8, 4) is 0 Å². The molecule has 0 bridgehead atoms. The number of hydrogen-bond donors (Lipinski definition) is 3. The van der Waals surface area contributed by atoms with E-state index in [1.165, 1.54) is 6.92 Å². The topological polar surface area (TPSA) is 67.2 Å². The number of carbonyl (C=O) groups is 1. The number of nitrogens with two attached hydrogens (primary N) is 1. The highest BCUT2D eigenvalue weighted by atomic mass is 19.3. The number of carbonyl (C=O) groups excluding carboxylic acids is 1. The molecule has 0 saturated heterocycles. The molecule has 0 aromatic carbocycles. The summed E-state index contributed by atoms with van der Waals surface area (Å²) in [6.45, 7) is 3.88. The predicted octanol–water partition coefficient (Wildman–Crippen LogP) is 1.46. The van der Waals surface area contributed by atoms with Gasteiger partial charge in [-0.15, -0.1) is 0 Å². The monoisotopic (exact) mass is 237 g/mol. The number of amides is 2. The van der Waals surface area contributed by atoms with Gasteiger partial charge in [-0.25, -0.2) is 13.6 Å². The minimum atomic E-state index is -2.63. The molecule has 16 heavy (non-hydrogen) atoms. The Morgan fingerprint density at radius 1 is 1.50 bits per heavy atom. The molecule has 0 saturated carbocycles. The van der Waals surface area contributed by atoms with Crippen molar-refractivity contribution >= 4 is 6.03 Å². The van der Waals surface area contributed by atoms with Crippen LogP contribution in [0.3, 0.4) is 0 Å². The molecule has 0 aliphatic heterocycles. The highest BCUT2D eigenvalue weighted by molar-refractivity contribution is 5.74. The molecule has 0 rings (SSSR count). The summed E-state index contributed by atoms with van der Waals surface area (Å²) in [6.07, 6.45) is -0.815. The largest absolute Gasteiger partial charge is 0.338 e. The van der Waals surface area contributed by atoms with Crippen molar-refractivity contribution in [3.05, 3.63) is 0 Å². The van der Waals surface area contributed by atoms with Gasteiger partial charge in [0.1, 0.15) is 5.54 Å². The van der Waals surface area contributed by atoms with Crippen LogP contribution in [-0.4, -0.2) is 31.1 Å². The molecule has 96 valence electrons. The molecule has 0 radical (unpaired) electrons. The summed E-state index contributed by atoms with van der Waals surface area (Å²) in [5.41, 5.74) is 3.69. The minimum Gasteiger partial charge on any atom is -0.338 e. The number of urea groups is 1. The highest BCUT2D eigenvalue weighted by Crippen LogP contribution is 2.18. The number of unbranched alkanes of at least 4 members (excludes halogenated alkanes) is 1. The third-order valence-electron chi connectivity index (χ3n) is 2.36. The van der Waals surface area contributed by atoms with E-state index in [2.05, 4.69) is 10.6 Å². The first-order chi connectivity index (χ1) is 7.46. The van der Waals surface area contributed by atoms with Crippen LogP contribution in [0.1, 0.15) is 33.1 Å². The maximum Gasteiger partial charge on any atom is 0.315 e. The maximum atomic E-state index is 12.7. The van der Waals surface area contributed by atoms with Gasteiger partial charge in [0.2, 0.25) is 0 Å². The van der Waals surface area contributed by atoms with Crippen LogP contribution in [-0.2, 0) is 0 Å². The molecular weight excluding hydrogens is 216 g/mol. The van der Waals surface area contributed by atoms with Gasteiger partial charge < -0.3 is 16.4 Å². The quantitative estimate of drug-likeness (QED) is 0.587. The van der Waals surface area contributed by atoms with E-state index in [0.29, 0.717) is 6.54 Å². The van der Waals surface area contributed by atoms with Crippen LogP contribution in [0.2, 0.25) is 0 Å². The molecular formula is C10H21F2N3O. The Balaban J connectivity index is 4.13. The minimum absolute atomic E-state index is 0.0475. The maximum absolute atomic E-state index is 12.7. The lowest BCUT2D eigenvalue weighted by molar-refractivity contribution is 0.0426. The van der Waals surface area contributed by atoms with E-state index in [1.54, 1.807) is 0 Å². The second-order valence-corrected chi connectivity index (χ2v) is 3.99. The number of alkyl halides is 2. The Bertz CT molecular complexity index is 214. The Morgan fingerprint density at radius 2 is 2.12 bits per heavy atom. The molecule has 0 aliphatic rings. The number of hydrogen-bond acceptors (Lipinski definition) is 2. The molecule has 1 atom stereocenters. The summed E-state index contributed by atoms with van der Waals surface area (Å²) in [5, 5.41) is 4.80. The molecule has 0 aliphatic carbocycles. The fraction of sp³-hybridized carbons (Fsp3) is 0.900. The molecule has 0 aromatic heterocycles. The van der Waals surface area contributed by atoms with E-state index in [4.69, 9.17) is 5.73 Å². The van der Waals surface area contributed by atoms with Gasteiger partial charge in [0.25, 0.3) is 6.43 Å². The van der Waals surface area contributed by atoms with Gasteiger partial charge >= 0.3 is 6.03 Å². The average Bonchev–Trinajstić information content (AvgIpc) is 2.18. The van der Waals surface area contributed by atoms with Crippen molar-refractivity contribution in [2.24, 2.45) is 5.73 Å². The molecule has 0 heterocycles. The summed E-state index contributed by atoms with van der Waals surface area (Å²) in [5.74, 6) is 0. The SMILES string of the molecule is CCCCNC(=O)NC(C)(CCN)C(F)F. The normalized spacial score (nSPS) is 14.6. The first kappa shape index (κ1) is 15.1. The van der Waals surface area contributed by atoms with Crippen molar-refractivity contribution in [1.29, 1.82) is 0 Å². The first-order valence-electron chi connectivity index (χ1n) is 5.50. The molecule has 1 unspecified atom stereocenters. The Labute approximate surface area is 95.0 Å². The zero-order chi connectivity index (χ0) is 12.6. The third-order valence-corrected chi connectivity index (χ3v) is 2.36. The Morgan fingerprint density at radius 3 is 2.56 bits per heavy atom. The van der Waals surface area contributed by atoms with E-state index in [9.17, 15) is 13.6 Å². The third kappa shape index (κ3) is 5.25. The Kier molecular flexibility index (Phi) is 6.96. The van der Waals surface area contributed by atoms with Crippen LogP contribution in [0, 0.1) is 0 Å². The van der Waals surface area contributed by atoms with Gasteiger partial charge in [-0.05, 0) is 26.3 Å². The fourth-order valence-electron chi connectivity index (χ4n) is 1.21. The van der Waals surface area contributed by atoms with Gasteiger partial charge in [-0.3, -0.25) is 0 Å². The van der Waals surface area contributed by atoms with Gasteiger partial charge in [-0.1, -0.05) is 13.3 Å². The summed E-state index contributed by atoms with van der Waals surface area (Å²) >= 11 is 0. The van der Waals surface area contributed by atoms with E-state index in [-0.39, 0.29) is 13.0 Å². The van der Waals surface area contributed by atoms with E-state index < -0.39 is 18.0 Å². The van der Waals surface area contributed by atoms with Crippen molar-refractivity contribution in [1.82, 2.24) is 10.6 Å². The number of nitrogens with one attached hydrogen (secondary N) is 2. The molecule has 0 spiro atoms. The first-order valence-corrected chi connectivity index (χ1v) is 5.50. The lowest BCUT2D eigenvalue weighted by Crippen LogP contribution is -2.55. The van der Waals surface area contributed by atoms with Crippen molar-refractivity contribution in [3.63, 3.8) is 0 Å². The summed E-state index contributed by atoms with van der Waals surface area (Å²) in [6, 6.07) is -0.565. The van der Waals surface area contributed by atoms with E-state index in [1.807, 2.05) is 6.92 Å². The zero-order valence-electron chi connectivity index (χ0n) is 9.85. The fourth-order valence-corrected chi connectivity index (χ4v) is 1.21. The van der Waals surface area contributed by atoms with Gasteiger partial charge in [-0.2, -0.15) is 0 Å². The Hall–Kier alpha value is -0.910. The lowest BCUT2D eigenvalue weighted by Gasteiger charge is -2.29. The van der Waals surface area contributed by atoms with Crippen LogP contribution in [0.15, 0.2) is 0 Å². The van der Waals surface area contributed by atoms with Crippen LogP contribution < -0.4 is 16.4 Å². The summed E-state index contributed by atoms with van der Waals surface area (Å²) in [7, 11) is 0. The molecule has 4 N–H and O–H groups in total. The van der Waals surface area contributed by atoms with Crippen LogP contribution >= 0.6 is 0 Å². The molecule has 0 fully saturated rings. The molecule has 2 amide bonds. The van der Waals surface area contributed by atoms with Crippen LogP contribution in [0.4, 0.5) is 13.6 Å². The smallest absolute Gasteiger partial charge is 0.315 e. The second-order valence-electron chi connectivity index (χ2n) is 3.99. The van der Waals surface area contributed by atoms with Crippen LogP contribution in [0.5, 0.6) is 0 Å². The number of halogens is 2.